The molecule has 0 spiro atoms. The van der Waals surface area contributed by atoms with Gasteiger partial charge in [0.25, 0.3) is 0 Å². The van der Waals surface area contributed by atoms with Crippen molar-refractivity contribution in [2.45, 2.75) is 18.9 Å². The van der Waals surface area contributed by atoms with E-state index in [1.165, 1.54) is 0 Å². The summed E-state index contributed by atoms with van der Waals surface area (Å²) in [5.41, 5.74) is 5.86. The van der Waals surface area contributed by atoms with E-state index in [0.29, 0.717) is 6.61 Å². The van der Waals surface area contributed by atoms with Gasteiger partial charge < -0.3 is 10.5 Å². The van der Waals surface area contributed by atoms with Gasteiger partial charge in [-0.25, -0.2) is 4.98 Å². The van der Waals surface area contributed by atoms with Gasteiger partial charge in [0.05, 0.1) is 0 Å². The first-order valence-electron chi connectivity index (χ1n) is 4.31. The molecule has 13 heavy (non-hydrogen) atoms. The molecule has 0 saturated carbocycles. The van der Waals surface area contributed by atoms with Gasteiger partial charge in [-0.1, -0.05) is 0 Å². The van der Waals surface area contributed by atoms with Crippen molar-refractivity contribution in [3.63, 3.8) is 0 Å². The van der Waals surface area contributed by atoms with Gasteiger partial charge in [0.1, 0.15) is 12.2 Å². The SMILES string of the molecule is COCCC(N)Cc1ncnn1C. The Morgan fingerprint density at radius 2 is 2.46 bits per heavy atom. The lowest BCUT2D eigenvalue weighted by Gasteiger charge is -2.09. The summed E-state index contributed by atoms with van der Waals surface area (Å²) >= 11 is 0. The van der Waals surface area contributed by atoms with E-state index in [2.05, 4.69) is 10.1 Å². The monoisotopic (exact) mass is 184 g/mol. The summed E-state index contributed by atoms with van der Waals surface area (Å²) in [7, 11) is 3.54. The highest BCUT2D eigenvalue weighted by Crippen LogP contribution is 1.99. The van der Waals surface area contributed by atoms with Crippen LogP contribution in [0.5, 0.6) is 0 Å². The Balaban J connectivity index is 2.36. The second-order valence-corrected chi connectivity index (χ2v) is 3.05. The van der Waals surface area contributed by atoms with Gasteiger partial charge in [0, 0.05) is 33.2 Å². The van der Waals surface area contributed by atoms with Gasteiger partial charge in [0.15, 0.2) is 0 Å². The van der Waals surface area contributed by atoms with Crippen LogP contribution in [0.4, 0.5) is 0 Å². The standard InChI is InChI=1S/C8H16N4O/c1-12-8(10-6-11-12)5-7(9)3-4-13-2/h6-7H,3-5,9H2,1-2H3. The topological polar surface area (TPSA) is 66.0 Å². The van der Waals surface area contributed by atoms with Crippen LogP contribution >= 0.6 is 0 Å². The van der Waals surface area contributed by atoms with Crippen molar-refractivity contribution < 1.29 is 4.74 Å². The smallest absolute Gasteiger partial charge is 0.138 e. The molecule has 1 aromatic heterocycles. The van der Waals surface area contributed by atoms with Gasteiger partial charge in [-0.15, -0.1) is 0 Å². The summed E-state index contributed by atoms with van der Waals surface area (Å²) in [4.78, 5) is 4.09. The van der Waals surface area contributed by atoms with Gasteiger partial charge in [-0.05, 0) is 6.42 Å². The molecule has 5 heteroatoms. The molecule has 0 amide bonds. The summed E-state index contributed by atoms with van der Waals surface area (Å²) in [6.07, 6.45) is 3.14. The Bertz CT molecular complexity index is 248. The van der Waals surface area contributed by atoms with Crippen molar-refractivity contribution in [1.82, 2.24) is 14.8 Å². The molecule has 0 bridgehead atoms. The number of methoxy groups -OCH3 is 1. The number of hydrogen-bond donors (Lipinski definition) is 1. The number of aromatic nitrogens is 3. The van der Waals surface area contributed by atoms with Crippen molar-refractivity contribution in [3.05, 3.63) is 12.2 Å². The highest BCUT2D eigenvalue weighted by atomic mass is 16.5. The van der Waals surface area contributed by atoms with Crippen LogP contribution in [0, 0.1) is 0 Å². The molecule has 0 radical (unpaired) electrons. The molecule has 1 atom stereocenters. The van der Waals surface area contributed by atoms with Crippen molar-refractivity contribution in [3.8, 4) is 0 Å². The van der Waals surface area contributed by atoms with Crippen LogP contribution in [0.15, 0.2) is 6.33 Å². The Kier molecular flexibility index (Phi) is 3.85. The average Bonchev–Trinajstić information content (AvgIpc) is 2.48. The lowest BCUT2D eigenvalue weighted by atomic mass is 10.1. The highest BCUT2D eigenvalue weighted by Gasteiger charge is 2.07. The molecule has 2 N–H and O–H groups in total. The van der Waals surface area contributed by atoms with E-state index in [1.807, 2.05) is 7.05 Å². The number of hydrogen-bond acceptors (Lipinski definition) is 4. The summed E-state index contributed by atoms with van der Waals surface area (Å²) in [5.74, 6) is 0.920. The van der Waals surface area contributed by atoms with Crippen molar-refractivity contribution in [1.29, 1.82) is 0 Å². The second kappa shape index (κ2) is 4.94. The zero-order chi connectivity index (χ0) is 9.68. The number of ether oxygens (including phenoxy) is 1. The van der Waals surface area contributed by atoms with Crippen LogP contribution in [-0.4, -0.2) is 34.5 Å². The number of nitrogens with two attached hydrogens (primary N) is 1. The third-order valence-electron chi connectivity index (χ3n) is 1.94. The lowest BCUT2D eigenvalue weighted by molar-refractivity contribution is 0.187. The maximum Gasteiger partial charge on any atom is 0.138 e. The minimum Gasteiger partial charge on any atom is -0.385 e. The van der Waals surface area contributed by atoms with E-state index in [4.69, 9.17) is 10.5 Å². The van der Waals surface area contributed by atoms with Gasteiger partial charge in [0.2, 0.25) is 0 Å². The molecule has 0 saturated heterocycles. The Hall–Kier alpha value is -0.940. The normalized spacial score (nSPS) is 13.2. The predicted molar refractivity (Wildman–Crippen MR) is 49.2 cm³/mol. The Morgan fingerprint density at radius 3 is 3.00 bits per heavy atom. The molecule has 1 unspecified atom stereocenters. The number of rotatable bonds is 5. The number of nitrogens with zero attached hydrogens (tertiary/aromatic N) is 3. The van der Waals surface area contributed by atoms with Crippen LogP contribution in [0.2, 0.25) is 0 Å². The van der Waals surface area contributed by atoms with Crippen molar-refractivity contribution in [2.75, 3.05) is 13.7 Å². The molecular formula is C8H16N4O. The number of aryl methyl sites for hydroxylation is 1. The maximum atomic E-state index is 5.86. The molecule has 0 aliphatic carbocycles. The van der Waals surface area contributed by atoms with Crippen LogP contribution in [-0.2, 0) is 18.2 Å². The zero-order valence-electron chi connectivity index (χ0n) is 8.10. The summed E-state index contributed by atoms with van der Waals surface area (Å²) < 4.78 is 6.68. The third kappa shape index (κ3) is 3.12. The molecule has 0 aromatic carbocycles. The quantitative estimate of drug-likeness (QED) is 0.683. The van der Waals surface area contributed by atoms with Crippen molar-refractivity contribution >= 4 is 0 Å². The average molecular weight is 184 g/mol. The van der Waals surface area contributed by atoms with Crippen LogP contribution in [0.1, 0.15) is 12.2 Å². The van der Waals surface area contributed by atoms with Gasteiger partial charge >= 0.3 is 0 Å². The molecule has 1 rings (SSSR count). The molecular weight excluding hydrogens is 168 g/mol. The van der Waals surface area contributed by atoms with Crippen LogP contribution < -0.4 is 5.73 Å². The van der Waals surface area contributed by atoms with E-state index < -0.39 is 0 Å². The summed E-state index contributed by atoms with van der Waals surface area (Å²) in [6, 6.07) is 0.0999. The fourth-order valence-electron chi connectivity index (χ4n) is 1.11. The Morgan fingerprint density at radius 1 is 1.69 bits per heavy atom. The molecule has 0 aliphatic heterocycles. The molecule has 1 aromatic rings. The van der Waals surface area contributed by atoms with E-state index in [9.17, 15) is 0 Å². The molecule has 74 valence electrons. The van der Waals surface area contributed by atoms with Gasteiger partial charge in [-0.2, -0.15) is 5.10 Å². The van der Waals surface area contributed by atoms with Gasteiger partial charge in [-0.3, -0.25) is 4.68 Å². The van der Waals surface area contributed by atoms with Crippen LogP contribution in [0.3, 0.4) is 0 Å². The van der Waals surface area contributed by atoms with E-state index in [0.717, 1.165) is 18.7 Å². The summed E-state index contributed by atoms with van der Waals surface area (Å²) in [6.45, 7) is 0.693. The molecule has 1 heterocycles. The highest BCUT2D eigenvalue weighted by molar-refractivity contribution is 4.87. The van der Waals surface area contributed by atoms with E-state index in [1.54, 1.807) is 18.1 Å². The lowest BCUT2D eigenvalue weighted by Crippen LogP contribution is -2.26. The zero-order valence-corrected chi connectivity index (χ0v) is 8.10. The van der Waals surface area contributed by atoms with E-state index in [-0.39, 0.29) is 6.04 Å². The minimum atomic E-state index is 0.0999. The molecule has 5 nitrogen and oxygen atoms in total. The van der Waals surface area contributed by atoms with Crippen molar-refractivity contribution in [2.24, 2.45) is 12.8 Å². The largest absolute Gasteiger partial charge is 0.385 e. The Labute approximate surface area is 77.9 Å². The van der Waals surface area contributed by atoms with E-state index >= 15 is 0 Å². The second-order valence-electron chi connectivity index (χ2n) is 3.05. The molecule has 0 fully saturated rings. The minimum absolute atomic E-state index is 0.0999. The molecule has 0 aliphatic rings. The first kappa shape index (κ1) is 10.1. The maximum absolute atomic E-state index is 5.86. The fraction of sp³-hybridized carbons (Fsp3) is 0.750. The third-order valence-corrected chi connectivity index (χ3v) is 1.94. The first-order valence-corrected chi connectivity index (χ1v) is 4.31. The van der Waals surface area contributed by atoms with Crippen LogP contribution in [0.25, 0.3) is 0 Å². The predicted octanol–water partition coefficient (Wildman–Crippen LogP) is -0.279. The fourth-order valence-corrected chi connectivity index (χ4v) is 1.11. The summed E-state index contributed by atoms with van der Waals surface area (Å²) in [5, 5.41) is 3.97. The first-order chi connectivity index (χ1) is 6.24.